The maximum atomic E-state index is 13.2. The molecule has 0 saturated carbocycles. The van der Waals surface area contributed by atoms with E-state index >= 15 is 0 Å². The van der Waals surface area contributed by atoms with Crippen LogP contribution in [0.15, 0.2) is 71.1 Å². The van der Waals surface area contributed by atoms with Crippen molar-refractivity contribution in [3.8, 4) is 17.2 Å². The molecule has 0 bridgehead atoms. The Kier molecular flexibility index (Phi) is 9.39. The van der Waals surface area contributed by atoms with Crippen molar-refractivity contribution in [1.82, 2.24) is 0 Å². The summed E-state index contributed by atoms with van der Waals surface area (Å²) in [4.78, 5) is 13.2. The number of hydrogen-bond donors (Lipinski definition) is 0. The highest BCUT2D eigenvalue weighted by Gasteiger charge is 2.24. The number of nitrogens with zero attached hydrogens (tertiary/aromatic N) is 1. The molecule has 0 amide bonds. The summed E-state index contributed by atoms with van der Waals surface area (Å²) < 4.78 is 21.9. The van der Waals surface area contributed by atoms with Gasteiger partial charge in [0.2, 0.25) is 0 Å². The van der Waals surface area contributed by atoms with Crippen LogP contribution in [-0.2, 0) is 6.61 Å². The smallest absolute Gasteiger partial charge is 0.347 e. The van der Waals surface area contributed by atoms with E-state index in [9.17, 15) is 4.79 Å². The highest BCUT2D eigenvalue weighted by atomic mass is 32.2. The molecule has 33 heavy (non-hydrogen) atoms. The normalized spacial score (nSPS) is 10.9. The van der Waals surface area contributed by atoms with Crippen molar-refractivity contribution >= 4 is 24.1 Å². The van der Waals surface area contributed by atoms with Crippen LogP contribution in [0.1, 0.15) is 46.8 Å². The molecule has 0 spiro atoms. The van der Waals surface area contributed by atoms with E-state index in [0.29, 0.717) is 35.0 Å². The first-order valence-corrected chi connectivity index (χ1v) is 11.9. The number of methoxy groups -OCH3 is 1. The molecule has 3 aromatic rings. The lowest BCUT2D eigenvalue weighted by Crippen LogP contribution is -2.14. The van der Waals surface area contributed by atoms with Gasteiger partial charge in [0.25, 0.3) is 0 Å². The van der Waals surface area contributed by atoms with E-state index in [1.165, 1.54) is 11.9 Å². The predicted octanol–water partition coefficient (Wildman–Crippen LogP) is 6.67. The molecule has 6 heteroatoms. The first-order chi connectivity index (χ1) is 16.1. The molecule has 0 radical (unpaired) electrons. The Morgan fingerprint density at radius 3 is 2.42 bits per heavy atom. The second-order valence-corrected chi connectivity index (χ2v) is 8.27. The third kappa shape index (κ3) is 6.86. The van der Waals surface area contributed by atoms with Crippen molar-refractivity contribution in [3.05, 3.63) is 89.0 Å². The maximum Gasteiger partial charge on any atom is 0.347 e. The van der Waals surface area contributed by atoms with Crippen LogP contribution in [0.25, 0.3) is 0 Å². The van der Waals surface area contributed by atoms with E-state index in [1.54, 1.807) is 31.5 Å². The molecule has 0 aliphatic heterocycles. The van der Waals surface area contributed by atoms with Gasteiger partial charge in [0.15, 0.2) is 0 Å². The van der Waals surface area contributed by atoms with E-state index < -0.39 is 5.97 Å². The number of carbonyl (C=O) groups is 1. The van der Waals surface area contributed by atoms with Crippen LogP contribution in [0.2, 0.25) is 0 Å². The van der Waals surface area contributed by atoms with Crippen LogP contribution in [0.5, 0.6) is 17.2 Å². The monoisotopic (exact) mass is 463 g/mol. The van der Waals surface area contributed by atoms with Gasteiger partial charge in [0.1, 0.15) is 29.4 Å². The summed E-state index contributed by atoms with van der Waals surface area (Å²) >= 11 is 1.51. The highest BCUT2D eigenvalue weighted by Crippen LogP contribution is 2.35. The minimum Gasteiger partial charge on any atom is -0.496 e. The predicted molar refractivity (Wildman–Crippen MR) is 135 cm³/mol. The van der Waals surface area contributed by atoms with Gasteiger partial charge < -0.3 is 14.2 Å². The Labute approximate surface area is 199 Å². The molecule has 0 N–H and O–H groups in total. The van der Waals surface area contributed by atoms with Crippen molar-refractivity contribution in [2.75, 3.05) is 12.9 Å². The fraction of sp³-hybridized carbons (Fsp3) is 0.259. The Bertz CT molecular complexity index is 1070. The minimum atomic E-state index is -0.499. The van der Waals surface area contributed by atoms with Crippen LogP contribution in [0.3, 0.4) is 0 Å². The van der Waals surface area contributed by atoms with Crippen LogP contribution in [-0.4, -0.2) is 25.0 Å². The average molecular weight is 464 g/mol. The van der Waals surface area contributed by atoms with Crippen molar-refractivity contribution in [1.29, 1.82) is 0 Å². The van der Waals surface area contributed by atoms with Gasteiger partial charge in [-0.3, -0.25) is 0 Å². The second kappa shape index (κ2) is 12.7. The number of para-hydroxylation sites is 1. The van der Waals surface area contributed by atoms with Gasteiger partial charge in [-0.15, -0.1) is 0 Å². The first kappa shape index (κ1) is 24.4. The zero-order chi connectivity index (χ0) is 23.5. The largest absolute Gasteiger partial charge is 0.496 e. The summed E-state index contributed by atoms with van der Waals surface area (Å²) in [5, 5.41) is 0. The lowest BCUT2D eigenvalue weighted by Gasteiger charge is -2.18. The SMILES string of the molecule is CCCCS/N=C/c1cc(OCc2ccccc2)c(C(=O)Oc2ccccc2)c(C)c1OC. The molecule has 0 atom stereocenters. The third-order valence-electron chi connectivity index (χ3n) is 4.97. The van der Waals surface area contributed by atoms with Gasteiger partial charge in [-0.1, -0.05) is 61.9 Å². The van der Waals surface area contributed by atoms with Crippen LogP contribution in [0.4, 0.5) is 0 Å². The summed E-state index contributed by atoms with van der Waals surface area (Å²) in [5.74, 6) is 1.92. The molecule has 0 aliphatic carbocycles. The van der Waals surface area contributed by atoms with Crippen molar-refractivity contribution in [2.45, 2.75) is 33.3 Å². The second-order valence-electron chi connectivity index (χ2n) is 7.40. The van der Waals surface area contributed by atoms with E-state index in [-0.39, 0.29) is 0 Å². The standard InChI is InChI=1S/C27H29NO4S/c1-4-5-16-33-28-18-22-17-24(31-19-21-12-8-6-9-13-21)25(20(2)26(22)30-3)27(29)32-23-14-10-7-11-15-23/h6-15,17-18H,4-5,16,19H2,1-3H3/b28-18+. The van der Waals surface area contributed by atoms with Crippen LogP contribution >= 0.6 is 11.9 Å². The van der Waals surface area contributed by atoms with Gasteiger partial charge in [0, 0.05) is 23.1 Å². The fourth-order valence-electron chi connectivity index (χ4n) is 3.27. The molecule has 172 valence electrons. The number of esters is 1. The van der Waals surface area contributed by atoms with Gasteiger partial charge in [0.05, 0.1) is 7.11 Å². The number of unbranched alkanes of at least 4 members (excludes halogenated alkanes) is 1. The molecule has 0 aliphatic rings. The molecule has 3 aromatic carbocycles. The van der Waals surface area contributed by atoms with Gasteiger partial charge in [-0.25, -0.2) is 9.19 Å². The molecule has 0 aromatic heterocycles. The number of hydrogen-bond acceptors (Lipinski definition) is 6. The Morgan fingerprint density at radius 1 is 1.06 bits per heavy atom. The van der Waals surface area contributed by atoms with Crippen LogP contribution < -0.4 is 14.2 Å². The van der Waals surface area contributed by atoms with E-state index in [0.717, 1.165) is 29.7 Å². The molecule has 0 heterocycles. The van der Waals surface area contributed by atoms with E-state index in [4.69, 9.17) is 14.2 Å². The summed E-state index contributed by atoms with van der Waals surface area (Å²) in [7, 11) is 1.58. The van der Waals surface area contributed by atoms with Crippen molar-refractivity contribution in [3.63, 3.8) is 0 Å². The lowest BCUT2D eigenvalue weighted by atomic mass is 10.0. The van der Waals surface area contributed by atoms with Crippen LogP contribution in [0, 0.1) is 6.92 Å². The highest BCUT2D eigenvalue weighted by molar-refractivity contribution is 7.98. The van der Waals surface area contributed by atoms with Gasteiger partial charge in [-0.2, -0.15) is 0 Å². The third-order valence-corrected chi connectivity index (χ3v) is 5.69. The average Bonchev–Trinajstić information content (AvgIpc) is 2.83. The Hall–Kier alpha value is -3.25. The summed E-state index contributed by atoms with van der Waals surface area (Å²) in [6, 6.07) is 20.6. The zero-order valence-corrected chi connectivity index (χ0v) is 20.1. The molecule has 0 saturated heterocycles. The zero-order valence-electron chi connectivity index (χ0n) is 19.2. The van der Waals surface area contributed by atoms with E-state index in [2.05, 4.69) is 11.3 Å². The molecular formula is C27H29NO4S. The first-order valence-electron chi connectivity index (χ1n) is 10.9. The van der Waals surface area contributed by atoms with Crippen molar-refractivity contribution < 1.29 is 19.0 Å². The fourth-order valence-corrected chi connectivity index (χ4v) is 3.98. The maximum absolute atomic E-state index is 13.2. The van der Waals surface area contributed by atoms with Gasteiger partial charge in [-0.05, 0) is 49.1 Å². The van der Waals surface area contributed by atoms with E-state index in [1.807, 2.05) is 55.5 Å². The topological polar surface area (TPSA) is 57.1 Å². The molecule has 0 fully saturated rings. The quantitative estimate of drug-likeness (QED) is 0.104. The number of rotatable bonds is 11. The number of ether oxygens (including phenoxy) is 3. The molecule has 0 unspecified atom stereocenters. The Balaban J connectivity index is 1.96. The Morgan fingerprint density at radius 2 is 1.76 bits per heavy atom. The summed E-state index contributed by atoms with van der Waals surface area (Å²) in [5.41, 5.74) is 2.73. The summed E-state index contributed by atoms with van der Waals surface area (Å²) in [6.07, 6.45) is 3.99. The number of carbonyl (C=O) groups excluding carboxylic acids is 1. The molecule has 5 nitrogen and oxygen atoms in total. The molecular weight excluding hydrogens is 434 g/mol. The van der Waals surface area contributed by atoms with Crippen molar-refractivity contribution in [2.24, 2.45) is 4.40 Å². The lowest BCUT2D eigenvalue weighted by molar-refractivity contribution is 0.0728. The number of benzene rings is 3. The molecule has 3 rings (SSSR count). The van der Waals surface area contributed by atoms with Gasteiger partial charge >= 0.3 is 5.97 Å². The summed E-state index contributed by atoms with van der Waals surface area (Å²) in [6.45, 7) is 4.30. The minimum absolute atomic E-state index is 0.320.